The van der Waals surface area contributed by atoms with Gasteiger partial charge in [0.2, 0.25) is 5.91 Å². The Balaban J connectivity index is 1.49. The lowest BCUT2D eigenvalue weighted by Crippen LogP contribution is -2.19. The normalized spacial score (nSPS) is 15.1. The lowest BCUT2D eigenvalue weighted by Gasteiger charge is -2.13. The van der Waals surface area contributed by atoms with Crippen molar-refractivity contribution in [3.8, 4) is 11.5 Å². The molecule has 1 fully saturated rings. The number of fused-ring (bicyclic) bond motifs is 1. The topological polar surface area (TPSA) is 72.3 Å². The van der Waals surface area contributed by atoms with Crippen LogP contribution < -0.4 is 14.8 Å². The zero-order valence-corrected chi connectivity index (χ0v) is 17.3. The predicted octanol–water partition coefficient (Wildman–Crippen LogP) is 4.37. The second-order valence-corrected chi connectivity index (χ2v) is 7.52. The average Bonchev–Trinajstić information content (AvgIpc) is 3.18. The Morgan fingerprint density at radius 1 is 1.07 bits per heavy atom. The minimum atomic E-state index is -0.0553. The maximum Gasteiger partial charge on any atom is 0.236 e. The largest absolute Gasteiger partial charge is 0.490 e. The van der Waals surface area contributed by atoms with Gasteiger partial charge in [0.25, 0.3) is 0 Å². The van der Waals surface area contributed by atoms with Crippen molar-refractivity contribution in [3.63, 3.8) is 0 Å². The van der Waals surface area contributed by atoms with E-state index in [2.05, 4.69) is 39.8 Å². The molecule has 1 saturated heterocycles. The van der Waals surface area contributed by atoms with E-state index in [1.54, 1.807) is 6.21 Å². The second kappa shape index (κ2) is 9.45. The monoisotopic (exact) mass is 419 g/mol. The Bertz CT molecular complexity index is 1120. The average molecular weight is 420 g/mol. The molecule has 0 aliphatic carbocycles. The second-order valence-electron chi connectivity index (χ2n) is 6.55. The molecule has 1 heterocycles. The predicted molar refractivity (Wildman–Crippen MR) is 122 cm³/mol. The molecule has 3 aromatic carbocycles. The number of amidine groups is 1. The molecule has 0 atom stereocenters. The molecule has 0 bridgehead atoms. The molecule has 1 amide bonds. The third-order valence-electron chi connectivity index (χ3n) is 4.47. The molecule has 1 aliphatic rings. The molecule has 0 spiro atoms. The quantitative estimate of drug-likeness (QED) is 0.456. The molecule has 152 valence electrons. The summed E-state index contributed by atoms with van der Waals surface area (Å²) in [6.07, 6.45) is 1.62. The van der Waals surface area contributed by atoms with Crippen molar-refractivity contribution >= 4 is 39.8 Å². The van der Waals surface area contributed by atoms with Gasteiger partial charge in [-0.05, 0) is 47.0 Å². The van der Waals surface area contributed by atoms with Gasteiger partial charge >= 0.3 is 0 Å². The van der Waals surface area contributed by atoms with Gasteiger partial charge in [0.05, 0.1) is 18.6 Å². The highest BCUT2D eigenvalue weighted by molar-refractivity contribution is 8.15. The SMILES string of the molecule is CCOc1cc(C=NN=C2NC(=O)CS2)ccc1OCc1cccc2ccccc12. The van der Waals surface area contributed by atoms with Crippen LogP contribution >= 0.6 is 11.8 Å². The van der Waals surface area contributed by atoms with E-state index >= 15 is 0 Å². The molecule has 0 radical (unpaired) electrons. The van der Waals surface area contributed by atoms with E-state index in [0.29, 0.717) is 35.6 Å². The summed E-state index contributed by atoms with van der Waals surface area (Å²) in [6.45, 7) is 2.90. The van der Waals surface area contributed by atoms with Crippen molar-refractivity contribution in [2.75, 3.05) is 12.4 Å². The summed E-state index contributed by atoms with van der Waals surface area (Å²) >= 11 is 1.34. The number of carbonyl (C=O) groups excluding carboxylic acids is 1. The maximum absolute atomic E-state index is 11.2. The fourth-order valence-electron chi connectivity index (χ4n) is 3.09. The van der Waals surface area contributed by atoms with Crippen molar-refractivity contribution in [2.45, 2.75) is 13.5 Å². The molecular formula is C23H21N3O3S. The number of ether oxygens (including phenoxy) is 2. The number of thioether (sulfide) groups is 1. The third-order valence-corrected chi connectivity index (χ3v) is 5.34. The van der Waals surface area contributed by atoms with Crippen LogP contribution in [0.3, 0.4) is 0 Å². The summed E-state index contributed by atoms with van der Waals surface area (Å²) < 4.78 is 11.9. The van der Waals surface area contributed by atoms with E-state index in [4.69, 9.17) is 9.47 Å². The molecule has 4 rings (SSSR count). The van der Waals surface area contributed by atoms with E-state index in [9.17, 15) is 4.79 Å². The summed E-state index contributed by atoms with van der Waals surface area (Å²) in [7, 11) is 0. The third kappa shape index (κ3) is 4.80. The van der Waals surface area contributed by atoms with Gasteiger partial charge in [-0.15, -0.1) is 5.10 Å². The van der Waals surface area contributed by atoms with Crippen LogP contribution in [-0.2, 0) is 11.4 Å². The van der Waals surface area contributed by atoms with Gasteiger partial charge in [-0.2, -0.15) is 5.10 Å². The number of benzene rings is 3. The van der Waals surface area contributed by atoms with Gasteiger partial charge < -0.3 is 14.8 Å². The van der Waals surface area contributed by atoms with Crippen LogP contribution in [0.4, 0.5) is 0 Å². The van der Waals surface area contributed by atoms with Gasteiger partial charge in [0.15, 0.2) is 16.7 Å². The Morgan fingerprint density at radius 2 is 1.93 bits per heavy atom. The Kier molecular flexibility index (Phi) is 6.29. The molecule has 1 aliphatic heterocycles. The van der Waals surface area contributed by atoms with Crippen LogP contribution in [0.25, 0.3) is 10.8 Å². The Hall–Kier alpha value is -3.32. The van der Waals surface area contributed by atoms with Gasteiger partial charge in [0, 0.05) is 0 Å². The van der Waals surface area contributed by atoms with Crippen LogP contribution in [0.2, 0.25) is 0 Å². The van der Waals surface area contributed by atoms with Gasteiger partial charge in [-0.1, -0.05) is 54.2 Å². The molecule has 0 aromatic heterocycles. The fraction of sp³-hybridized carbons (Fsp3) is 0.174. The maximum atomic E-state index is 11.2. The Morgan fingerprint density at radius 3 is 2.77 bits per heavy atom. The summed E-state index contributed by atoms with van der Waals surface area (Å²) in [6, 6.07) is 20.1. The first-order valence-corrected chi connectivity index (χ1v) is 10.6. The number of rotatable bonds is 7. The van der Waals surface area contributed by atoms with Gasteiger partial charge in [-0.25, -0.2) is 0 Å². The summed E-state index contributed by atoms with van der Waals surface area (Å²) in [5, 5.41) is 13.6. The first-order chi connectivity index (χ1) is 14.7. The van der Waals surface area contributed by atoms with Crippen LogP contribution in [0.5, 0.6) is 11.5 Å². The minimum Gasteiger partial charge on any atom is -0.490 e. The zero-order valence-electron chi connectivity index (χ0n) is 16.5. The lowest BCUT2D eigenvalue weighted by atomic mass is 10.1. The molecule has 30 heavy (non-hydrogen) atoms. The molecule has 0 unspecified atom stereocenters. The minimum absolute atomic E-state index is 0.0553. The van der Waals surface area contributed by atoms with E-state index in [1.807, 2.05) is 43.3 Å². The first kappa shape index (κ1) is 20.0. The van der Waals surface area contributed by atoms with Crippen LogP contribution in [-0.4, -0.2) is 29.6 Å². The summed E-state index contributed by atoms with van der Waals surface area (Å²) in [5.74, 6) is 1.65. The van der Waals surface area contributed by atoms with Crippen molar-refractivity contribution in [1.82, 2.24) is 5.32 Å². The molecule has 6 nitrogen and oxygen atoms in total. The van der Waals surface area contributed by atoms with Crippen LogP contribution in [0.15, 0.2) is 70.9 Å². The van der Waals surface area contributed by atoms with Crippen LogP contribution in [0, 0.1) is 0 Å². The zero-order chi connectivity index (χ0) is 20.8. The fourth-order valence-corrected chi connectivity index (χ4v) is 3.72. The molecule has 7 heteroatoms. The Labute approximate surface area is 179 Å². The number of hydrogen-bond donors (Lipinski definition) is 1. The van der Waals surface area contributed by atoms with Crippen molar-refractivity contribution in [2.24, 2.45) is 10.2 Å². The number of nitrogens with one attached hydrogen (secondary N) is 1. The number of amides is 1. The van der Waals surface area contributed by atoms with E-state index in [1.165, 1.54) is 22.5 Å². The molecular weight excluding hydrogens is 398 g/mol. The van der Waals surface area contributed by atoms with Crippen molar-refractivity contribution in [1.29, 1.82) is 0 Å². The number of carbonyl (C=O) groups is 1. The van der Waals surface area contributed by atoms with E-state index < -0.39 is 0 Å². The highest BCUT2D eigenvalue weighted by Crippen LogP contribution is 2.30. The van der Waals surface area contributed by atoms with Gasteiger partial charge in [0.1, 0.15) is 6.61 Å². The number of hydrogen-bond acceptors (Lipinski definition) is 6. The number of nitrogens with zero attached hydrogens (tertiary/aromatic N) is 2. The van der Waals surface area contributed by atoms with Crippen molar-refractivity contribution < 1.29 is 14.3 Å². The molecule has 3 aromatic rings. The first-order valence-electron chi connectivity index (χ1n) is 9.63. The van der Waals surface area contributed by atoms with Crippen LogP contribution in [0.1, 0.15) is 18.1 Å². The molecule has 0 saturated carbocycles. The lowest BCUT2D eigenvalue weighted by molar-refractivity contribution is -0.116. The highest BCUT2D eigenvalue weighted by atomic mass is 32.2. The summed E-state index contributed by atoms with van der Waals surface area (Å²) in [4.78, 5) is 11.2. The highest BCUT2D eigenvalue weighted by Gasteiger charge is 2.16. The summed E-state index contributed by atoms with van der Waals surface area (Å²) in [5.41, 5.74) is 1.95. The van der Waals surface area contributed by atoms with E-state index in [0.717, 1.165) is 11.1 Å². The van der Waals surface area contributed by atoms with E-state index in [-0.39, 0.29) is 5.91 Å². The van der Waals surface area contributed by atoms with Crippen molar-refractivity contribution in [3.05, 3.63) is 71.8 Å². The van der Waals surface area contributed by atoms with Gasteiger partial charge in [-0.3, -0.25) is 4.79 Å². The smallest absolute Gasteiger partial charge is 0.236 e. The molecule has 1 N–H and O–H groups in total. The standard InChI is InChI=1S/C23H21N3O3S/c1-2-28-21-12-16(13-24-26-23-25-22(27)15-30-23)10-11-20(21)29-14-18-8-5-7-17-6-3-4-9-19(17)18/h3-13H,2,14-15H2,1H3,(H,25,26,27).